The van der Waals surface area contributed by atoms with Crippen molar-refractivity contribution < 1.29 is 10.2 Å². The fourth-order valence-corrected chi connectivity index (χ4v) is 1.26. The molecule has 2 heteroatoms. The molecule has 0 aromatic rings. The first kappa shape index (κ1) is 12.7. The predicted octanol–water partition coefficient (Wildman–Crippen LogP) is 2.11. The summed E-state index contributed by atoms with van der Waals surface area (Å²) in [5.74, 6) is 0.692. The Morgan fingerprint density at radius 3 is 2.46 bits per heavy atom. The van der Waals surface area contributed by atoms with Crippen molar-refractivity contribution in [3.05, 3.63) is 12.2 Å². The molecule has 13 heavy (non-hydrogen) atoms. The van der Waals surface area contributed by atoms with Crippen molar-refractivity contribution >= 4 is 0 Å². The van der Waals surface area contributed by atoms with E-state index in [4.69, 9.17) is 5.11 Å². The van der Waals surface area contributed by atoms with E-state index in [1.54, 1.807) is 19.1 Å². The van der Waals surface area contributed by atoms with Crippen LogP contribution in [0.15, 0.2) is 12.2 Å². The van der Waals surface area contributed by atoms with Crippen LogP contribution in [0.4, 0.5) is 0 Å². The zero-order chi connectivity index (χ0) is 10.3. The molecular weight excluding hydrogens is 164 g/mol. The molecule has 0 saturated carbocycles. The van der Waals surface area contributed by atoms with Gasteiger partial charge in [0.05, 0.1) is 12.2 Å². The maximum absolute atomic E-state index is 9.76. The van der Waals surface area contributed by atoms with Gasteiger partial charge in [-0.15, -0.1) is 0 Å². The largest absolute Gasteiger partial charge is 0.392 e. The first-order valence-corrected chi connectivity index (χ1v) is 4.99. The molecular formula is C11H22O2. The number of aliphatic hydroxyl groups is 2. The predicted molar refractivity (Wildman–Crippen MR) is 55.5 cm³/mol. The van der Waals surface area contributed by atoms with Gasteiger partial charge in [0.1, 0.15) is 0 Å². The maximum atomic E-state index is 9.76. The van der Waals surface area contributed by atoms with Gasteiger partial charge >= 0.3 is 0 Å². The van der Waals surface area contributed by atoms with Crippen LogP contribution in [0.5, 0.6) is 0 Å². The molecule has 1 atom stereocenters. The fraction of sp³-hybridized carbons (Fsp3) is 0.818. The van der Waals surface area contributed by atoms with Gasteiger partial charge in [-0.25, -0.2) is 0 Å². The van der Waals surface area contributed by atoms with E-state index < -0.39 is 5.60 Å². The molecule has 2 N–H and O–H groups in total. The summed E-state index contributed by atoms with van der Waals surface area (Å²) in [7, 11) is 0. The molecule has 78 valence electrons. The highest BCUT2D eigenvalue weighted by Crippen LogP contribution is 2.17. The SMILES string of the molecule is CC(C)CCC[C@](C)(O)/C=C/CO. The lowest BCUT2D eigenvalue weighted by Gasteiger charge is -2.19. The lowest BCUT2D eigenvalue weighted by Crippen LogP contribution is -2.20. The van der Waals surface area contributed by atoms with Crippen molar-refractivity contribution in [2.24, 2.45) is 5.92 Å². The molecule has 0 bridgehead atoms. The molecule has 0 aromatic heterocycles. The van der Waals surface area contributed by atoms with Gasteiger partial charge in [0, 0.05) is 0 Å². The summed E-state index contributed by atoms with van der Waals surface area (Å²) < 4.78 is 0. The van der Waals surface area contributed by atoms with Gasteiger partial charge in [0.25, 0.3) is 0 Å². The van der Waals surface area contributed by atoms with Crippen molar-refractivity contribution in [2.75, 3.05) is 6.61 Å². The van der Waals surface area contributed by atoms with Gasteiger partial charge < -0.3 is 10.2 Å². The summed E-state index contributed by atoms with van der Waals surface area (Å²) in [6, 6.07) is 0. The average Bonchev–Trinajstić information content (AvgIpc) is 2.00. The second-order valence-corrected chi connectivity index (χ2v) is 4.23. The maximum Gasteiger partial charge on any atom is 0.0800 e. The Labute approximate surface area is 81.3 Å². The van der Waals surface area contributed by atoms with Gasteiger partial charge in [0.2, 0.25) is 0 Å². The first-order chi connectivity index (χ1) is 5.98. The number of hydrogen-bond donors (Lipinski definition) is 2. The molecule has 0 unspecified atom stereocenters. The second-order valence-electron chi connectivity index (χ2n) is 4.23. The monoisotopic (exact) mass is 186 g/mol. The van der Waals surface area contributed by atoms with Crippen LogP contribution < -0.4 is 0 Å². The Morgan fingerprint density at radius 2 is 2.00 bits per heavy atom. The van der Waals surface area contributed by atoms with E-state index in [0.29, 0.717) is 5.92 Å². The third kappa shape index (κ3) is 8.00. The summed E-state index contributed by atoms with van der Waals surface area (Å²) in [4.78, 5) is 0. The third-order valence-electron chi connectivity index (χ3n) is 2.05. The number of rotatable bonds is 6. The summed E-state index contributed by atoms with van der Waals surface area (Å²) >= 11 is 0. The van der Waals surface area contributed by atoms with Gasteiger partial charge in [0.15, 0.2) is 0 Å². The molecule has 0 amide bonds. The van der Waals surface area contributed by atoms with Crippen LogP contribution in [0.3, 0.4) is 0 Å². The average molecular weight is 186 g/mol. The van der Waals surface area contributed by atoms with Crippen molar-refractivity contribution in [3.63, 3.8) is 0 Å². The van der Waals surface area contributed by atoms with E-state index in [1.807, 2.05) is 0 Å². The van der Waals surface area contributed by atoms with E-state index in [0.717, 1.165) is 19.3 Å². The normalized spacial score (nSPS) is 16.8. The van der Waals surface area contributed by atoms with E-state index in [1.165, 1.54) is 0 Å². The summed E-state index contributed by atoms with van der Waals surface area (Å²) in [6.45, 7) is 6.14. The van der Waals surface area contributed by atoms with Crippen LogP contribution in [0.1, 0.15) is 40.0 Å². The summed E-state index contributed by atoms with van der Waals surface area (Å²) in [5.41, 5.74) is -0.752. The van der Waals surface area contributed by atoms with Gasteiger partial charge in [-0.05, 0) is 19.3 Å². The fourth-order valence-electron chi connectivity index (χ4n) is 1.26. The molecule has 0 aliphatic carbocycles. The van der Waals surface area contributed by atoms with E-state index in [2.05, 4.69) is 13.8 Å². The Kier molecular flexibility index (Phi) is 6.00. The second kappa shape index (κ2) is 6.17. The Bertz CT molecular complexity index is 148. The molecule has 0 spiro atoms. The molecule has 0 radical (unpaired) electrons. The molecule has 0 aliphatic heterocycles. The first-order valence-electron chi connectivity index (χ1n) is 4.99. The van der Waals surface area contributed by atoms with E-state index in [-0.39, 0.29) is 6.61 Å². The van der Waals surface area contributed by atoms with Crippen molar-refractivity contribution in [2.45, 2.75) is 45.6 Å². The van der Waals surface area contributed by atoms with Gasteiger partial charge in [-0.1, -0.05) is 38.8 Å². The summed E-state index contributed by atoms with van der Waals surface area (Å²) in [5, 5.41) is 18.3. The van der Waals surface area contributed by atoms with Crippen molar-refractivity contribution in [1.82, 2.24) is 0 Å². The Hall–Kier alpha value is -0.340. The highest BCUT2D eigenvalue weighted by molar-refractivity contribution is 4.97. The molecule has 0 aliphatic rings. The Balaban J connectivity index is 3.68. The number of aliphatic hydroxyl groups excluding tert-OH is 1. The minimum absolute atomic E-state index is 0.000328. The molecule has 0 aromatic carbocycles. The van der Waals surface area contributed by atoms with E-state index in [9.17, 15) is 5.11 Å². The molecule has 0 fully saturated rings. The molecule has 0 saturated heterocycles. The van der Waals surface area contributed by atoms with Gasteiger partial charge in [-0.2, -0.15) is 0 Å². The Morgan fingerprint density at radius 1 is 1.38 bits per heavy atom. The lowest BCUT2D eigenvalue weighted by molar-refractivity contribution is 0.0967. The third-order valence-corrected chi connectivity index (χ3v) is 2.05. The highest BCUT2D eigenvalue weighted by atomic mass is 16.3. The van der Waals surface area contributed by atoms with Crippen LogP contribution >= 0.6 is 0 Å². The highest BCUT2D eigenvalue weighted by Gasteiger charge is 2.15. The van der Waals surface area contributed by atoms with Crippen molar-refractivity contribution in [1.29, 1.82) is 0 Å². The molecule has 0 heterocycles. The standard InChI is InChI=1S/C11H22O2/c1-10(2)6-4-7-11(3,13)8-5-9-12/h5,8,10,12-13H,4,6-7,9H2,1-3H3/b8-5+/t11-/m0/s1. The quantitative estimate of drug-likeness (QED) is 0.624. The topological polar surface area (TPSA) is 40.5 Å². The lowest BCUT2D eigenvalue weighted by atomic mass is 9.95. The molecule has 2 nitrogen and oxygen atoms in total. The summed E-state index contributed by atoms with van der Waals surface area (Å²) in [6.07, 6.45) is 6.20. The van der Waals surface area contributed by atoms with Crippen LogP contribution in [0.25, 0.3) is 0 Å². The van der Waals surface area contributed by atoms with Crippen molar-refractivity contribution in [3.8, 4) is 0 Å². The minimum atomic E-state index is -0.752. The van der Waals surface area contributed by atoms with Crippen LogP contribution in [-0.2, 0) is 0 Å². The van der Waals surface area contributed by atoms with Crippen LogP contribution in [-0.4, -0.2) is 22.4 Å². The zero-order valence-corrected chi connectivity index (χ0v) is 8.95. The zero-order valence-electron chi connectivity index (χ0n) is 8.95. The number of hydrogen-bond acceptors (Lipinski definition) is 2. The molecule has 0 rings (SSSR count). The van der Waals surface area contributed by atoms with Crippen LogP contribution in [0, 0.1) is 5.92 Å². The van der Waals surface area contributed by atoms with Gasteiger partial charge in [-0.3, -0.25) is 0 Å². The van der Waals surface area contributed by atoms with Crippen LogP contribution in [0.2, 0.25) is 0 Å². The minimum Gasteiger partial charge on any atom is -0.392 e. The van der Waals surface area contributed by atoms with E-state index >= 15 is 0 Å². The smallest absolute Gasteiger partial charge is 0.0800 e.